The van der Waals surface area contributed by atoms with Crippen LogP contribution < -0.4 is 0 Å². The second-order valence-corrected chi connectivity index (χ2v) is 12.9. The quantitative estimate of drug-likeness (QED) is 0.375. The summed E-state index contributed by atoms with van der Waals surface area (Å²) in [5.41, 5.74) is 1.14. The smallest absolute Gasteiger partial charge is 0.287 e. The van der Waals surface area contributed by atoms with Crippen LogP contribution in [0.5, 0.6) is 0 Å². The van der Waals surface area contributed by atoms with E-state index in [0.717, 1.165) is 68.6 Å². The number of aryl methyl sites for hydroxylation is 1. The molecule has 0 aliphatic carbocycles. The first-order valence-electron chi connectivity index (χ1n) is 9.97. The van der Waals surface area contributed by atoms with Crippen molar-refractivity contribution in [2.45, 2.75) is 95.7 Å². The topological polar surface area (TPSA) is 43.4 Å². The molecule has 1 rings (SSSR count). The maximum absolute atomic E-state index is 12.9. The van der Waals surface area contributed by atoms with E-state index in [4.69, 9.17) is 3.87 Å². The number of hydrogen-bond acceptors (Lipinski definition) is 3. The van der Waals surface area contributed by atoms with Gasteiger partial charge in [0.2, 0.25) is 8.32 Å². The molecule has 144 valence electrons. The van der Waals surface area contributed by atoms with Gasteiger partial charge >= 0.3 is 0 Å². The Bertz CT molecular complexity index is 560. The summed E-state index contributed by atoms with van der Waals surface area (Å²) in [5, 5.41) is 0. The molecule has 0 saturated carbocycles. The van der Waals surface area contributed by atoms with E-state index in [1.807, 2.05) is 12.1 Å². The summed E-state index contributed by atoms with van der Waals surface area (Å²) in [5.74, 6) is 0. The lowest BCUT2D eigenvalue weighted by atomic mass is 10.2. The molecule has 1 aromatic rings. The van der Waals surface area contributed by atoms with Crippen LogP contribution in [-0.4, -0.2) is 16.7 Å². The van der Waals surface area contributed by atoms with E-state index >= 15 is 0 Å². The lowest BCUT2D eigenvalue weighted by Crippen LogP contribution is -2.40. The Morgan fingerprint density at radius 3 is 1.60 bits per heavy atom. The minimum atomic E-state index is -3.67. The molecule has 0 radical (unpaired) electrons. The molecule has 1 aromatic carbocycles. The van der Waals surface area contributed by atoms with Gasteiger partial charge in [-0.25, -0.2) is 0 Å². The monoisotopic (exact) mass is 384 g/mol. The van der Waals surface area contributed by atoms with Crippen LogP contribution in [0.2, 0.25) is 18.1 Å². The largest absolute Gasteiger partial charge is 0.311 e. The van der Waals surface area contributed by atoms with Crippen LogP contribution >= 0.6 is 0 Å². The van der Waals surface area contributed by atoms with Gasteiger partial charge in [0.05, 0.1) is 4.90 Å². The zero-order valence-corrected chi connectivity index (χ0v) is 18.3. The molecule has 0 atom stereocenters. The lowest BCUT2D eigenvalue weighted by molar-refractivity contribution is 0.465. The highest BCUT2D eigenvalue weighted by atomic mass is 32.2. The predicted octanol–water partition coefficient (Wildman–Crippen LogP) is 6.30. The average Bonchev–Trinajstić information content (AvgIpc) is 2.62. The first kappa shape index (κ1) is 22.4. The third-order valence-corrected chi connectivity index (χ3v) is 11.8. The maximum atomic E-state index is 12.9. The summed E-state index contributed by atoms with van der Waals surface area (Å²) in [7, 11) is -5.96. The molecule has 0 aromatic heterocycles. The fourth-order valence-corrected chi connectivity index (χ4v) is 10.6. The zero-order chi connectivity index (χ0) is 18.8. The molecule has 3 nitrogen and oxygen atoms in total. The Morgan fingerprint density at radius 2 is 1.24 bits per heavy atom. The van der Waals surface area contributed by atoms with Crippen LogP contribution in [0.1, 0.15) is 71.8 Å². The highest BCUT2D eigenvalue weighted by molar-refractivity contribution is 7.87. The Morgan fingerprint density at radius 1 is 0.800 bits per heavy atom. The van der Waals surface area contributed by atoms with Crippen molar-refractivity contribution in [3.05, 3.63) is 29.8 Å². The highest BCUT2D eigenvalue weighted by Gasteiger charge is 2.38. The van der Waals surface area contributed by atoms with Crippen molar-refractivity contribution in [2.75, 3.05) is 0 Å². The number of unbranched alkanes of at least 4 members (excludes halogenated alkanes) is 3. The Kier molecular flexibility index (Phi) is 9.98. The summed E-state index contributed by atoms with van der Waals surface area (Å²) in [4.78, 5) is 0.311. The van der Waals surface area contributed by atoms with Crippen LogP contribution in [0.3, 0.4) is 0 Å². The number of rotatable bonds is 13. The summed E-state index contributed by atoms with van der Waals surface area (Å²) < 4.78 is 32.0. The van der Waals surface area contributed by atoms with Crippen molar-refractivity contribution in [3.63, 3.8) is 0 Å². The third-order valence-electron chi connectivity index (χ3n) is 4.86. The molecule has 0 aliphatic rings. The molecule has 0 spiro atoms. The fourth-order valence-electron chi connectivity index (χ4n) is 3.17. The van der Waals surface area contributed by atoms with Gasteiger partial charge in [-0.2, -0.15) is 8.42 Å². The number of hydrogen-bond donors (Lipinski definition) is 0. The molecule has 0 unspecified atom stereocenters. The van der Waals surface area contributed by atoms with E-state index < -0.39 is 18.4 Å². The predicted molar refractivity (Wildman–Crippen MR) is 109 cm³/mol. The van der Waals surface area contributed by atoms with E-state index in [9.17, 15) is 8.42 Å². The summed E-state index contributed by atoms with van der Waals surface area (Å²) in [6.07, 6.45) is 7.34. The van der Waals surface area contributed by atoms with E-state index in [1.54, 1.807) is 12.1 Å². The third kappa shape index (κ3) is 7.23. The van der Waals surface area contributed by atoms with Gasteiger partial charge in [-0.05, 0) is 42.2 Å². The first-order valence-corrected chi connectivity index (χ1v) is 13.9. The highest BCUT2D eigenvalue weighted by Crippen LogP contribution is 2.33. The fraction of sp³-hybridized carbons (Fsp3) is 0.700. The van der Waals surface area contributed by atoms with Crippen LogP contribution in [-0.2, 0) is 20.4 Å². The SMILES string of the molecule is CCCC[Si](CCCC)(CCCC)OS(=O)(=O)c1ccc(CC)cc1. The van der Waals surface area contributed by atoms with Crippen molar-refractivity contribution in [3.8, 4) is 0 Å². The van der Waals surface area contributed by atoms with Gasteiger partial charge in [0, 0.05) is 0 Å². The van der Waals surface area contributed by atoms with Crippen molar-refractivity contribution in [2.24, 2.45) is 0 Å². The van der Waals surface area contributed by atoms with E-state index in [2.05, 4.69) is 27.7 Å². The maximum Gasteiger partial charge on any atom is 0.287 e. The lowest BCUT2D eigenvalue weighted by Gasteiger charge is -2.31. The molecule has 0 saturated heterocycles. The summed E-state index contributed by atoms with van der Waals surface area (Å²) >= 11 is 0. The Labute approximate surface area is 156 Å². The van der Waals surface area contributed by atoms with Gasteiger partial charge < -0.3 is 3.87 Å². The molecule has 0 bridgehead atoms. The van der Waals surface area contributed by atoms with Gasteiger partial charge in [0.25, 0.3) is 10.1 Å². The minimum Gasteiger partial charge on any atom is -0.311 e. The molecule has 0 fully saturated rings. The standard InChI is InChI=1S/C20H36O3SSi/c1-5-9-16-25(17-10-6-2,18-11-7-3)23-24(21,22)20-14-12-19(8-4)13-15-20/h12-15H,5-11,16-18H2,1-4H3. The van der Waals surface area contributed by atoms with Gasteiger partial charge in [0.1, 0.15) is 0 Å². The molecule has 0 aliphatic heterocycles. The summed E-state index contributed by atoms with van der Waals surface area (Å²) in [6, 6.07) is 10.0. The van der Waals surface area contributed by atoms with E-state index in [1.165, 1.54) is 0 Å². The minimum absolute atomic E-state index is 0.311. The van der Waals surface area contributed by atoms with E-state index in [-0.39, 0.29) is 0 Å². The molecule has 0 heterocycles. The molecule has 0 N–H and O–H groups in total. The Balaban J connectivity index is 3.08. The molecular weight excluding hydrogens is 348 g/mol. The van der Waals surface area contributed by atoms with Crippen LogP contribution in [0.15, 0.2) is 29.2 Å². The van der Waals surface area contributed by atoms with Crippen molar-refractivity contribution in [1.29, 1.82) is 0 Å². The normalized spacial score (nSPS) is 12.5. The van der Waals surface area contributed by atoms with Gasteiger partial charge in [-0.1, -0.05) is 78.4 Å². The molecule has 0 amide bonds. The first-order chi connectivity index (χ1) is 11.9. The van der Waals surface area contributed by atoms with Gasteiger partial charge in [-0.3, -0.25) is 0 Å². The van der Waals surface area contributed by atoms with Crippen LogP contribution in [0, 0.1) is 0 Å². The van der Waals surface area contributed by atoms with Crippen molar-refractivity contribution < 1.29 is 12.3 Å². The Hall–Kier alpha value is -0.653. The van der Waals surface area contributed by atoms with Gasteiger partial charge in [0.15, 0.2) is 0 Å². The zero-order valence-electron chi connectivity index (χ0n) is 16.5. The molecule has 25 heavy (non-hydrogen) atoms. The van der Waals surface area contributed by atoms with Crippen molar-refractivity contribution in [1.82, 2.24) is 0 Å². The number of benzene rings is 1. The molecular formula is C20H36O3SSi. The second kappa shape index (κ2) is 11.1. The summed E-state index contributed by atoms with van der Waals surface area (Å²) in [6.45, 7) is 8.56. The molecule has 5 heteroatoms. The van der Waals surface area contributed by atoms with Gasteiger partial charge in [-0.15, -0.1) is 0 Å². The van der Waals surface area contributed by atoms with Crippen LogP contribution in [0.4, 0.5) is 0 Å². The van der Waals surface area contributed by atoms with E-state index in [0.29, 0.717) is 4.90 Å². The second-order valence-electron chi connectivity index (χ2n) is 7.03. The average molecular weight is 385 g/mol. The van der Waals surface area contributed by atoms with Crippen molar-refractivity contribution >= 4 is 18.4 Å². The van der Waals surface area contributed by atoms with Crippen LogP contribution in [0.25, 0.3) is 0 Å².